The van der Waals surface area contributed by atoms with Crippen molar-refractivity contribution in [2.75, 3.05) is 11.9 Å². The Labute approximate surface area is 149 Å². The summed E-state index contributed by atoms with van der Waals surface area (Å²) in [7, 11) is 1.69. The number of halogens is 2. The Kier molecular flexibility index (Phi) is 4.79. The Morgan fingerprint density at radius 3 is 2.12 bits per heavy atom. The van der Waals surface area contributed by atoms with Crippen LogP contribution in [0.5, 0.6) is 0 Å². The van der Waals surface area contributed by atoms with Crippen molar-refractivity contribution in [1.82, 2.24) is 9.97 Å². The topological polar surface area (TPSA) is 46.1 Å². The lowest BCUT2D eigenvalue weighted by Crippen LogP contribution is -2.27. The summed E-state index contributed by atoms with van der Waals surface area (Å²) in [6.07, 6.45) is 1.38. The summed E-state index contributed by atoms with van der Waals surface area (Å²) < 4.78 is 0. The summed E-state index contributed by atoms with van der Waals surface area (Å²) >= 11 is 11.8. The molecule has 3 rings (SSSR count). The summed E-state index contributed by atoms with van der Waals surface area (Å²) in [6.45, 7) is 0. The van der Waals surface area contributed by atoms with Gasteiger partial charge in [0.2, 0.25) is 0 Å². The minimum atomic E-state index is -0.227. The summed E-state index contributed by atoms with van der Waals surface area (Å²) in [6, 6.07) is 15.9. The van der Waals surface area contributed by atoms with Gasteiger partial charge in [0.15, 0.2) is 0 Å². The van der Waals surface area contributed by atoms with Crippen LogP contribution in [0.4, 0.5) is 5.69 Å². The third-order valence-corrected chi connectivity index (χ3v) is 4.05. The first-order chi connectivity index (χ1) is 11.5. The summed E-state index contributed by atoms with van der Waals surface area (Å²) in [5.41, 5.74) is 2.57. The number of anilines is 1. The van der Waals surface area contributed by atoms with E-state index >= 15 is 0 Å². The Morgan fingerprint density at radius 1 is 0.917 bits per heavy atom. The molecule has 120 valence electrons. The van der Waals surface area contributed by atoms with Gasteiger partial charge in [0.05, 0.1) is 5.69 Å². The van der Waals surface area contributed by atoms with Gasteiger partial charge in [0.25, 0.3) is 5.91 Å². The first kappa shape index (κ1) is 16.4. The molecular weight excluding hydrogens is 345 g/mol. The van der Waals surface area contributed by atoms with Crippen molar-refractivity contribution in [1.29, 1.82) is 0 Å². The van der Waals surface area contributed by atoms with Crippen LogP contribution >= 0.6 is 23.2 Å². The molecule has 2 aromatic carbocycles. The predicted molar refractivity (Wildman–Crippen MR) is 96.7 cm³/mol. The molecule has 0 fully saturated rings. The van der Waals surface area contributed by atoms with E-state index in [0.717, 1.165) is 11.3 Å². The van der Waals surface area contributed by atoms with Crippen molar-refractivity contribution >= 4 is 34.8 Å². The van der Waals surface area contributed by atoms with Crippen molar-refractivity contribution in [3.05, 3.63) is 76.7 Å². The largest absolute Gasteiger partial charge is 0.310 e. The van der Waals surface area contributed by atoms with Crippen LogP contribution in [0.25, 0.3) is 11.3 Å². The van der Waals surface area contributed by atoms with Crippen molar-refractivity contribution in [3.63, 3.8) is 0 Å². The van der Waals surface area contributed by atoms with Crippen LogP contribution in [-0.2, 0) is 0 Å². The minimum Gasteiger partial charge on any atom is -0.310 e. The maximum absolute atomic E-state index is 12.6. The molecule has 24 heavy (non-hydrogen) atoms. The Bertz CT molecular complexity index is 864. The summed E-state index contributed by atoms with van der Waals surface area (Å²) in [4.78, 5) is 22.5. The van der Waals surface area contributed by atoms with E-state index in [2.05, 4.69) is 9.97 Å². The summed E-state index contributed by atoms with van der Waals surface area (Å²) in [5.74, 6) is -0.227. The molecule has 0 bridgehead atoms. The van der Waals surface area contributed by atoms with E-state index in [1.165, 1.54) is 11.2 Å². The third-order valence-electron chi connectivity index (χ3n) is 3.54. The molecular formula is C18H13Cl2N3O. The first-order valence-corrected chi connectivity index (χ1v) is 7.92. The normalized spacial score (nSPS) is 10.5. The number of nitrogens with zero attached hydrogens (tertiary/aromatic N) is 3. The van der Waals surface area contributed by atoms with Gasteiger partial charge in [-0.1, -0.05) is 35.3 Å². The Balaban J connectivity index is 1.89. The lowest BCUT2D eigenvalue weighted by Gasteiger charge is -2.17. The van der Waals surface area contributed by atoms with Crippen LogP contribution in [0.2, 0.25) is 10.0 Å². The van der Waals surface area contributed by atoms with Gasteiger partial charge < -0.3 is 4.90 Å². The first-order valence-electron chi connectivity index (χ1n) is 7.16. The van der Waals surface area contributed by atoms with Crippen LogP contribution in [0.1, 0.15) is 10.5 Å². The fourth-order valence-electron chi connectivity index (χ4n) is 2.21. The van der Waals surface area contributed by atoms with Gasteiger partial charge in [-0.2, -0.15) is 0 Å². The molecule has 0 unspecified atom stereocenters. The predicted octanol–water partition coefficient (Wildman–Crippen LogP) is 4.73. The molecule has 0 aliphatic heterocycles. The van der Waals surface area contributed by atoms with Gasteiger partial charge in [-0.25, -0.2) is 9.97 Å². The zero-order valence-electron chi connectivity index (χ0n) is 12.8. The van der Waals surface area contributed by atoms with E-state index in [-0.39, 0.29) is 5.91 Å². The van der Waals surface area contributed by atoms with E-state index in [4.69, 9.17) is 23.2 Å². The highest BCUT2D eigenvalue weighted by atomic mass is 35.5. The molecule has 1 amide bonds. The van der Waals surface area contributed by atoms with E-state index < -0.39 is 0 Å². The molecule has 0 aliphatic carbocycles. The molecule has 0 atom stereocenters. The van der Waals surface area contributed by atoms with Crippen molar-refractivity contribution in [3.8, 4) is 11.3 Å². The molecule has 1 aromatic heterocycles. The quantitative estimate of drug-likeness (QED) is 0.680. The van der Waals surface area contributed by atoms with E-state index in [9.17, 15) is 4.79 Å². The second-order valence-electron chi connectivity index (χ2n) is 5.14. The van der Waals surface area contributed by atoms with Crippen molar-refractivity contribution in [2.24, 2.45) is 0 Å². The molecule has 6 heteroatoms. The van der Waals surface area contributed by atoms with Gasteiger partial charge in [-0.05, 0) is 42.5 Å². The highest BCUT2D eigenvalue weighted by molar-refractivity contribution is 6.31. The molecule has 0 aliphatic rings. The smallest absolute Gasteiger partial charge is 0.276 e. The average Bonchev–Trinajstić information content (AvgIpc) is 2.62. The number of benzene rings is 2. The zero-order valence-corrected chi connectivity index (χ0v) is 14.3. The molecule has 0 N–H and O–H groups in total. The van der Waals surface area contributed by atoms with Crippen LogP contribution in [0.3, 0.4) is 0 Å². The number of carbonyl (C=O) groups is 1. The standard InChI is InChI=1S/C18H13Cl2N3O/c1-23(15-8-6-14(20)7-9-15)18(24)17-10-16(21-11-22-17)12-2-4-13(19)5-3-12/h2-11H,1H3. The SMILES string of the molecule is CN(C(=O)c1cc(-c2ccc(Cl)cc2)ncn1)c1ccc(Cl)cc1. The maximum Gasteiger partial charge on any atom is 0.276 e. The number of amides is 1. The lowest BCUT2D eigenvalue weighted by molar-refractivity contribution is 0.0988. The Hall–Kier alpha value is -2.43. The average molecular weight is 358 g/mol. The number of aromatic nitrogens is 2. The molecule has 0 spiro atoms. The monoisotopic (exact) mass is 357 g/mol. The van der Waals surface area contributed by atoms with Crippen molar-refractivity contribution in [2.45, 2.75) is 0 Å². The number of hydrogen-bond acceptors (Lipinski definition) is 3. The number of carbonyl (C=O) groups excluding carboxylic acids is 1. The van der Waals surface area contributed by atoms with Gasteiger partial charge in [-0.15, -0.1) is 0 Å². The second-order valence-corrected chi connectivity index (χ2v) is 6.01. The summed E-state index contributed by atoms with van der Waals surface area (Å²) in [5, 5.41) is 1.26. The molecule has 1 heterocycles. The van der Waals surface area contributed by atoms with E-state index in [1.54, 1.807) is 49.5 Å². The lowest BCUT2D eigenvalue weighted by atomic mass is 10.1. The molecule has 0 saturated carbocycles. The molecule has 4 nitrogen and oxygen atoms in total. The maximum atomic E-state index is 12.6. The van der Waals surface area contributed by atoms with Crippen LogP contribution in [-0.4, -0.2) is 22.9 Å². The minimum absolute atomic E-state index is 0.227. The molecule has 0 saturated heterocycles. The third kappa shape index (κ3) is 3.55. The van der Waals surface area contributed by atoms with Gasteiger partial charge in [-0.3, -0.25) is 4.79 Å². The van der Waals surface area contributed by atoms with E-state index in [0.29, 0.717) is 21.4 Å². The molecule has 3 aromatic rings. The zero-order chi connectivity index (χ0) is 17.1. The van der Waals surface area contributed by atoms with Gasteiger partial charge in [0, 0.05) is 28.3 Å². The highest BCUT2D eigenvalue weighted by Gasteiger charge is 2.16. The van der Waals surface area contributed by atoms with Crippen LogP contribution in [0, 0.1) is 0 Å². The highest BCUT2D eigenvalue weighted by Crippen LogP contribution is 2.22. The van der Waals surface area contributed by atoms with E-state index in [1.807, 2.05) is 12.1 Å². The van der Waals surface area contributed by atoms with Crippen LogP contribution in [0.15, 0.2) is 60.9 Å². The molecule has 0 radical (unpaired) electrons. The fourth-order valence-corrected chi connectivity index (χ4v) is 2.46. The van der Waals surface area contributed by atoms with Gasteiger partial charge in [0.1, 0.15) is 12.0 Å². The van der Waals surface area contributed by atoms with Gasteiger partial charge >= 0.3 is 0 Å². The fraction of sp³-hybridized carbons (Fsp3) is 0.0556. The van der Waals surface area contributed by atoms with Crippen molar-refractivity contribution < 1.29 is 4.79 Å². The second kappa shape index (κ2) is 6.99. The van der Waals surface area contributed by atoms with Crippen LogP contribution < -0.4 is 4.90 Å². The Morgan fingerprint density at radius 2 is 1.50 bits per heavy atom. The number of rotatable bonds is 3. The number of hydrogen-bond donors (Lipinski definition) is 0.